The third kappa shape index (κ3) is 3.92. The number of rotatable bonds is 6. The Bertz CT molecular complexity index is 675. The van der Waals surface area contributed by atoms with E-state index in [9.17, 15) is 4.79 Å². The van der Waals surface area contributed by atoms with Gasteiger partial charge >= 0.3 is 0 Å². The maximum Gasteiger partial charge on any atom is 0.272 e. The van der Waals surface area contributed by atoms with Crippen LogP contribution in [0.2, 0.25) is 0 Å². The number of pyridine rings is 1. The minimum absolute atomic E-state index is 0.0612. The van der Waals surface area contributed by atoms with Crippen LogP contribution in [0, 0.1) is 0 Å². The second kappa shape index (κ2) is 7.93. The minimum Gasteiger partial charge on any atom is -0.457 e. The molecule has 1 atom stereocenters. The Balaban J connectivity index is 1.72. The van der Waals surface area contributed by atoms with Crippen LogP contribution in [-0.4, -0.2) is 40.1 Å². The molecule has 2 heterocycles. The van der Waals surface area contributed by atoms with Crippen LogP contribution >= 0.6 is 0 Å². The highest BCUT2D eigenvalue weighted by atomic mass is 16.5. The number of para-hydroxylation sites is 1. The lowest BCUT2D eigenvalue weighted by Gasteiger charge is -2.24. The number of carbonyl (C=O) groups excluding carboxylic acids is 1. The van der Waals surface area contributed by atoms with Gasteiger partial charge in [-0.05, 0) is 43.9 Å². The molecule has 1 N–H and O–H groups in total. The van der Waals surface area contributed by atoms with Crippen LogP contribution in [0.25, 0.3) is 0 Å². The van der Waals surface area contributed by atoms with E-state index in [4.69, 9.17) is 9.84 Å². The van der Waals surface area contributed by atoms with Gasteiger partial charge in [0.1, 0.15) is 17.2 Å². The summed E-state index contributed by atoms with van der Waals surface area (Å²) in [5.41, 5.74) is 0.402. The van der Waals surface area contributed by atoms with Crippen molar-refractivity contribution in [2.75, 3.05) is 13.2 Å². The molecule has 2 aromatic rings. The average molecular weight is 326 g/mol. The van der Waals surface area contributed by atoms with E-state index in [1.54, 1.807) is 18.3 Å². The number of aliphatic hydroxyl groups excluding tert-OH is 1. The van der Waals surface area contributed by atoms with E-state index in [2.05, 4.69) is 4.98 Å². The van der Waals surface area contributed by atoms with Crippen LogP contribution < -0.4 is 4.74 Å². The highest BCUT2D eigenvalue weighted by Gasteiger charge is 2.29. The van der Waals surface area contributed by atoms with Crippen LogP contribution in [0.5, 0.6) is 11.5 Å². The summed E-state index contributed by atoms with van der Waals surface area (Å²) in [5.74, 6) is 1.27. The van der Waals surface area contributed by atoms with Crippen molar-refractivity contribution in [3.05, 3.63) is 54.4 Å². The Kier molecular flexibility index (Phi) is 5.43. The second-order valence-corrected chi connectivity index (χ2v) is 5.95. The van der Waals surface area contributed by atoms with Gasteiger partial charge in [0.2, 0.25) is 0 Å². The molecule has 3 rings (SSSR count). The molecule has 5 nitrogen and oxygen atoms in total. The average Bonchev–Trinajstić information content (AvgIpc) is 3.09. The van der Waals surface area contributed by atoms with Crippen molar-refractivity contribution in [1.82, 2.24) is 9.88 Å². The van der Waals surface area contributed by atoms with E-state index in [1.165, 1.54) is 0 Å². The summed E-state index contributed by atoms with van der Waals surface area (Å²) in [6, 6.07) is 13.1. The van der Waals surface area contributed by atoms with Crippen molar-refractivity contribution < 1.29 is 14.6 Å². The number of nitrogens with zero attached hydrogens (tertiary/aromatic N) is 2. The highest BCUT2D eigenvalue weighted by molar-refractivity contribution is 5.93. The molecule has 0 aliphatic carbocycles. The fraction of sp³-hybridized carbons (Fsp3) is 0.368. The summed E-state index contributed by atoms with van der Waals surface area (Å²) in [6.07, 6.45) is 5.15. The largest absolute Gasteiger partial charge is 0.457 e. The minimum atomic E-state index is -0.0612. The molecule has 1 aromatic carbocycles. The number of hydrogen-bond donors (Lipinski definition) is 1. The quantitative estimate of drug-likeness (QED) is 0.885. The highest BCUT2D eigenvalue weighted by Crippen LogP contribution is 2.25. The number of ether oxygens (including phenoxy) is 1. The smallest absolute Gasteiger partial charge is 0.272 e. The van der Waals surface area contributed by atoms with Crippen LogP contribution in [0.15, 0.2) is 48.7 Å². The number of aromatic nitrogens is 1. The number of amides is 1. The Morgan fingerprint density at radius 2 is 2.08 bits per heavy atom. The monoisotopic (exact) mass is 326 g/mol. The molecule has 1 saturated heterocycles. The third-order valence-corrected chi connectivity index (χ3v) is 4.26. The van der Waals surface area contributed by atoms with Crippen LogP contribution in [0.1, 0.15) is 36.2 Å². The fourth-order valence-corrected chi connectivity index (χ4v) is 3.09. The standard InChI is InChI=1S/C19H22N2O3/c22-13-5-7-15-6-4-12-21(15)19(23)18-14-17(10-11-20-18)24-16-8-2-1-3-9-16/h1-3,8-11,14-15,22H,4-7,12-13H2. The molecule has 126 valence electrons. The molecule has 5 heteroatoms. The SMILES string of the molecule is O=C(c1cc(Oc2ccccc2)ccn1)N1CCCC1CCCO. The van der Waals surface area contributed by atoms with Crippen molar-refractivity contribution in [2.45, 2.75) is 31.7 Å². The van der Waals surface area contributed by atoms with E-state index < -0.39 is 0 Å². The van der Waals surface area contributed by atoms with Crippen molar-refractivity contribution in [2.24, 2.45) is 0 Å². The third-order valence-electron chi connectivity index (χ3n) is 4.26. The number of aliphatic hydroxyl groups is 1. The molecular formula is C19H22N2O3. The maximum absolute atomic E-state index is 12.8. The van der Waals surface area contributed by atoms with Crippen LogP contribution in [0.4, 0.5) is 0 Å². The van der Waals surface area contributed by atoms with E-state index in [0.717, 1.165) is 38.0 Å². The predicted octanol–water partition coefficient (Wildman–Crippen LogP) is 3.25. The summed E-state index contributed by atoms with van der Waals surface area (Å²) in [7, 11) is 0. The second-order valence-electron chi connectivity index (χ2n) is 5.95. The molecule has 24 heavy (non-hydrogen) atoms. The van der Waals surface area contributed by atoms with Gasteiger partial charge in [-0.3, -0.25) is 9.78 Å². The lowest BCUT2D eigenvalue weighted by atomic mass is 10.1. The summed E-state index contributed by atoms with van der Waals surface area (Å²) >= 11 is 0. The Hall–Kier alpha value is -2.40. The van der Waals surface area contributed by atoms with Gasteiger partial charge in [0.25, 0.3) is 5.91 Å². The molecule has 0 bridgehead atoms. The molecular weight excluding hydrogens is 304 g/mol. The normalized spacial score (nSPS) is 17.0. The van der Waals surface area contributed by atoms with Gasteiger partial charge in [-0.25, -0.2) is 0 Å². The molecule has 1 fully saturated rings. The van der Waals surface area contributed by atoms with Gasteiger partial charge in [0.15, 0.2) is 0 Å². The Labute approximate surface area is 141 Å². The zero-order valence-electron chi connectivity index (χ0n) is 13.6. The molecule has 1 aliphatic heterocycles. The fourth-order valence-electron chi connectivity index (χ4n) is 3.09. The first-order chi connectivity index (χ1) is 11.8. The molecule has 1 amide bonds. The summed E-state index contributed by atoms with van der Waals surface area (Å²) in [6.45, 7) is 0.914. The summed E-state index contributed by atoms with van der Waals surface area (Å²) in [5, 5.41) is 9.01. The van der Waals surface area contributed by atoms with Gasteiger partial charge in [-0.1, -0.05) is 18.2 Å². The maximum atomic E-state index is 12.8. The first-order valence-electron chi connectivity index (χ1n) is 8.38. The first-order valence-corrected chi connectivity index (χ1v) is 8.38. The van der Waals surface area contributed by atoms with Crippen LogP contribution in [-0.2, 0) is 0 Å². The Morgan fingerprint density at radius 3 is 2.88 bits per heavy atom. The van der Waals surface area contributed by atoms with E-state index in [1.807, 2.05) is 35.2 Å². The number of hydrogen-bond acceptors (Lipinski definition) is 4. The first kappa shape index (κ1) is 16.5. The number of carbonyl (C=O) groups is 1. The van der Waals surface area contributed by atoms with Crippen molar-refractivity contribution in [1.29, 1.82) is 0 Å². The van der Waals surface area contributed by atoms with E-state index in [-0.39, 0.29) is 18.6 Å². The van der Waals surface area contributed by atoms with Gasteiger partial charge in [-0.2, -0.15) is 0 Å². The van der Waals surface area contributed by atoms with Gasteiger partial charge in [0, 0.05) is 31.5 Å². The molecule has 0 radical (unpaired) electrons. The predicted molar refractivity (Wildman–Crippen MR) is 91.1 cm³/mol. The van der Waals surface area contributed by atoms with Gasteiger partial charge in [0.05, 0.1) is 0 Å². The summed E-state index contributed by atoms with van der Waals surface area (Å²) < 4.78 is 5.78. The van der Waals surface area contributed by atoms with E-state index in [0.29, 0.717) is 11.4 Å². The zero-order valence-corrected chi connectivity index (χ0v) is 13.6. The summed E-state index contributed by atoms with van der Waals surface area (Å²) in [4.78, 5) is 18.9. The van der Waals surface area contributed by atoms with Gasteiger partial charge < -0.3 is 14.7 Å². The molecule has 1 unspecified atom stereocenters. The Morgan fingerprint density at radius 1 is 1.25 bits per heavy atom. The number of benzene rings is 1. The number of likely N-dealkylation sites (tertiary alicyclic amines) is 1. The van der Waals surface area contributed by atoms with Crippen molar-refractivity contribution in [3.63, 3.8) is 0 Å². The lowest BCUT2D eigenvalue weighted by molar-refractivity contribution is 0.0718. The van der Waals surface area contributed by atoms with Gasteiger partial charge in [-0.15, -0.1) is 0 Å². The molecule has 0 saturated carbocycles. The molecule has 1 aliphatic rings. The van der Waals surface area contributed by atoms with Crippen LogP contribution in [0.3, 0.4) is 0 Å². The van der Waals surface area contributed by atoms with Crippen molar-refractivity contribution >= 4 is 5.91 Å². The zero-order chi connectivity index (χ0) is 16.8. The topological polar surface area (TPSA) is 62.7 Å². The van der Waals surface area contributed by atoms with Crippen molar-refractivity contribution in [3.8, 4) is 11.5 Å². The lowest BCUT2D eigenvalue weighted by Crippen LogP contribution is -2.36. The van der Waals surface area contributed by atoms with E-state index >= 15 is 0 Å². The molecule has 0 spiro atoms. The molecule has 1 aromatic heterocycles.